The van der Waals surface area contributed by atoms with E-state index < -0.39 is 0 Å². The average Bonchev–Trinajstić information content (AvgIpc) is 3.29. The van der Waals surface area contributed by atoms with Crippen LogP contribution in [-0.2, 0) is 11.2 Å². The molecule has 1 unspecified atom stereocenters. The van der Waals surface area contributed by atoms with Crippen molar-refractivity contribution < 1.29 is 9.18 Å². The molecule has 22 heavy (non-hydrogen) atoms. The van der Waals surface area contributed by atoms with E-state index in [1.54, 1.807) is 12.1 Å². The highest BCUT2D eigenvalue weighted by molar-refractivity contribution is 5.81. The number of nitrogens with one attached hydrogen (secondary N) is 1. The Labute approximate surface area is 128 Å². The first-order chi connectivity index (χ1) is 10.7. The van der Waals surface area contributed by atoms with Gasteiger partial charge in [-0.1, -0.05) is 0 Å². The minimum Gasteiger partial charge on any atom is -0.349 e. The summed E-state index contributed by atoms with van der Waals surface area (Å²) in [5.41, 5.74) is 3.08. The molecule has 1 saturated carbocycles. The molecule has 0 radical (unpaired) electrons. The molecule has 5 heteroatoms. The lowest BCUT2D eigenvalue weighted by Gasteiger charge is -2.24. The van der Waals surface area contributed by atoms with Crippen molar-refractivity contribution in [2.24, 2.45) is 5.92 Å². The lowest BCUT2D eigenvalue weighted by molar-refractivity contribution is -0.123. The van der Waals surface area contributed by atoms with Crippen molar-refractivity contribution in [2.75, 3.05) is 0 Å². The molecule has 1 N–H and O–H groups in total. The number of halogens is 1. The number of carbonyl (C=O) groups is 1. The first-order valence-corrected chi connectivity index (χ1v) is 7.85. The van der Waals surface area contributed by atoms with E-state index in [-0.39, 0.29) is 23.7 Å². The second-order valence-corrected chi connectivity index (χ2v) is 6.16. The number of carbonyl (C=O) groups excluding carboxylic acids is 1. The molecule has 0 bridgehead atoms. The van der Waals surface area contributed by atoms with Gasteiger partial charge in [-0.15, -0.1) is 0 Å². The van der Waals surface area contributed by atoms with E-state index >= 15 is 0 Å². The molecule has 0 aliphatic heterocycles. The third-order valence-electron chi connectivity index (χ3n) is 4.52. The largest absolute Gasteiger partial charge is 0.349 e. The second kappa shape index (κ2) is 5.23. The first kappa shape index (κ1) is 13.5. The van der Waals surface area contributed by atoms with Crippen LogP contribution >= 0.6 is 0 Å². The predicted octanol–water partition coefficient (Wildman–Crippen LogP) is 2.92. The van der Waals surface area contributed by atoms with E-state index in [9.17, 15) is 9.18 Å². The summed E-state index contributed by atoms with van der Waals surface area (Å²) in [6.45, 7) is 0. The molecule has 1 atom stereocenters. The molecule has 1 aromatic carbocycles. The lowest BCUT2D eigenvalue weighted by Crippen LogP contribution is -2.31. The van der Waals surface area contributed by atoms with Gasteiger partial charge in [-0.2, -0.15) is 5.10 Å². The standard InChI is InChI=1S/C17H18FN3O/c18-12-6-8-13(9-7-12)21-16-3-1-2-15(14(16)10-19-21)20-17(22)11-4-5-11/h6-11,15H,1-5H2,(H,20,22). The van der Waals surface area contributed by atoms with Gasteiger partial charge in [-0.05, 0) is 56.4 Å². The van der Waals surface area contributed by atoms with Crippen LogP contribution < -0.4 is 5.32 Å². The maximum atomic E-state index is 13.1. The Morgan fingerprint density at radius 3 is 2.73 bits per heavy atom. The summed E-state index contributed by atoms with van der Waals surface area (Å²) in [7, 11) is 0. The normalized spacial score (nSPS) is 20.5. The zero-order valence-corrected chi connectivity index (χ0v) is 12.3. The highest BCUT2D eigenvalue weighted by Gasteiger charge is 2.33. The van der Waals surface area contributed by atoms with E-state index in [2.05, 4.69) is 10.4 Å². The number of hydrogen-bond acceptors (Lipinski definition) is 2. The van der Waals surface area contributed by atoms with Crippen LogP contribution in [0.1, 0.15) is 43.0 Å². The van der Waals surface area contributed by atoms with Crippen LogP contribution in [0.3, 0.4) is 0 Å². The molecule has 114 valence electrons. The van der Waals surface area contributed by atoms with Gasteiger partial charge in [-0.25, -0.2) is 9.07 Å². The summed E-state index contributed by atoms with van der Waals surface area (Å²) in [4.78, 5) is 12.0. The Balaban J connectivity index is 1.63. The van der Waals surface area contributed by atoms with Crippen molar-refractivity contribution in [2.45, 2.75) is 38.1 Å². The third-order valence-corrected chi connectivity index (χ3v) is 4.52. The van der Waals surface area contributed by atoms with Gasteiger partial charge in [0.15, 0.2) is 0 Å². The van der Waals surface area contributed by atoms with Crippen LogP contribution in [0.2, 0.25) is 0 Å². The molecule has 0 spiro atoms. The van der Waals surface area contributed by atoms with E-state index in [1.165, 1.54) is 12.1 Å². The maximum absolute atomic E-state index is 13.1. The molecule has 1 heterocycles. The van der Waals surface area contributed by atoms with Crippen molar-refractivity contribution in [3.05, 3.63) is 47.5 Å². The summed E-state index contributed by atoms with van der Waals surface area (Å²) < 4.78 is 14.9. The summed E-state index contributed by atoms with van der Waals surface area (Å²) >= 11 is 0. The van der Waals surface area contributed by atoms with Crippen molar-refractivity contribution in [1.82, 2.24) is 15.1 Å². The molecule has 1 aromatic heterocycles. The Hall–Kier alpha value is -2.17. The van der Waals surface area contributed by atoms with Crippen LogP contribution in [0.25, 0.3) is 5.69 Å². The molecule has 1 fully saturated rings. The van der Waals surface area contributed by atoms with Crippen LogP contribution in [0, 0.1) is 11.7 Å². The number of rotatable bonds is 3. The van der Waals surface area contributed by atoms with Gasteiger partial charge in [-0.3, -0.25) is 4.79 Å². The molecule has 0 saturated heterocycles. The number of amides is 1. The zero-order chi connectivity index (χ0) is 15.1. The molecule has 4 nitrogen and oxygen atoms in total. The van der Waals surface area contributed by atoms with Gasteiger partial charge in [0.05, 0.1) is 17.9 Å². The van der Waals surface area contributed by atoms with Crippen LogP contribution in [0.5, 0.6) is 0 Å². The third kappa shape index (κ3) is 2.40. The molecular weight excluding hydrogens is 281 g/mol. The lowest BCUT2D eigenvalue weighted by atomic mass is 9.92. The Bertz CT molecular complexity index is 703. The molecule has 4 rings (SSSR count). The number of nitrogens with zero attached hydrogens (tertiary/aromatic N) is 2. The number of hydrogen-bond donors (Lipinski definition) is 1. The molecular formula is C17H18FN3O. The zero-order valence-electron chi connectivity index (χ0n) is 12.3. The van der Waals surface area contributed by atoms with Crippen LogP contribution in [-0.4, -0.2) is 15.7 Å². The Morgan fingerprint density at radius 1 is 1.23 bits per heavy atom. The van der Waals surface area contributed by atoms with Gasteiger partial charge in [0.25, 0.3) is 0 Å². The van der Waals surface area contributed by atoms with Gasteiger partial charge in [0.1, 0.15) is 5.82 Å². The summed E-state index contributed by atoms with van der Waals surface area (Å²) in [6, 6.07) is 6.41. The smallest absolute Gasteiger partial charge is 0.223 e. The first-order valence-electron chi connectivity index (χ1n) is 7.85. The topological polar surface area (TPSA) is 46.9 Å². The maximum Gasteiger partial charge on any atom is 0.223 e. The van der Waals surface area contributed by atoms with Crippen molar-refractivity contribution >= 4 is 5.91 Å². The van der Waals surface area contributed by atoms with Gasteiger partial charge >= 0.3 is 0 Å². The fourth-order valence-corrected chi connectivity index (χ4v) is 3.15. The minimum absolute atomic E-state index is 0.0612. The average molecular weight is 299 g/mol. The molecule has 2 aliphatic rings. The number of fused-ring (bicyclic) bond motifs is 1. The minimum atomic E-state index is -0.251. The van der Waals surface area contributed by atoms with Crippen LogP contribution in [0.15, 0.2) is 30.5 Å². The highest BCUT2D eigenvalue weighted by atomic mass is 19.1. The number of benzene rings is 1. The molecule has 2 aliphatic carbocycles. The van der Waals surface area contributed by atoms with Crippen molar-refractivity contribution in [1.29, 1.82) is 0 Å². The quantitative estimate of drug-likeness (QED) is 0.947. The van der Waals surface area contributed by atoms with Gasteiger partial charge < -0.3 is 5.32 Å². The molecule has 2 aromatic rings. The molecule has 1 amide bonds. The predicted molar refractivity (Wildman–Crippen MR) is 80.1 cm³/mol. The monoisotopic (exact) mass is 299 g/mol. The fourth-order valence-electron chi connectivity index (χ4n) is 3.15. The highest BCUT2D eigenvalue weighted by Crippen LogP contribution is 2.34. The van der Waals surface area contributed by atoms with E-state index in [0.717, 1.165) is 49.0 Å². The van der Waals surface area contributed by atoms with Crippen LogP contribution in [0.4, 0.5) is 4.39 Å². The Morgan fingerprint density at radius 2 is 2.00 bits per heavy atom. The number of aromatic nitrogens is 2. The Kier molecular flexibility index (Phi) is 3.21. The van der Waals surface area contributed by atoms with Gasteiger partial charge in [0.2, 0.25) is 5.91 Å². The van der Waals surface area contributed by atoms with Crippen molar-refractivity contribution in [3.63, 3.8) is 0 Å². The van der Waals surface area contributed by atoms with E-state index in [4.69, 9.17) is 0 Å². The van der Waals surface area contributed by atoms with E-state index in [0.29, 0.717) is 0 Å². The second-order valence-electron chi connectivity index (χ2n) is 6.16. The van der Waals surface area contributed by atoms with Crippen molar-refractivity contribution in [3.8, 4) is 5.69 Å². The summed E-state index contributed by atoms with van der Waals surface area (Å²) in [5, 5.41) is 7.62. The fraction of sp³-hybridized carbons (Fsp3) is 0.412. The SMILES string of the molecule is O=C(NC1CCCc2c1cnn2-c1ccc(F)cc1)C1CC1. The van der Waals surface area contributed by atoms with E-state index in [1.807, 2.05) is 10.9 Å². The summed E-state index contributed by atoms with van der Waals surface area (Å²) in [5.74, 6) is 0.143. The van der Waals surface area contributed by atoms with Gasteiger partial charge in [0, 0.05) is 17.2 Å². The summed E-state index contributed by atoms with van der Waals surface area (Å²) in [6.07, 6.45) is 6.79.